The summed E-state index contributed by atoms with van der Waals surface area (Å²) in [7, 11) is -3.46. The van der Waals surface area contributed by atoms with Gasteiger partial charge in [0.05, 0.1) is 4.90 Å². The van der Waals surface area contributed by atoms with Crippen molar-refractivity contribution < 1.29 is 8.42 Å². The molecule has 1 saturated carbocycles. The van der Waals surface area contributed by atoms with Crippen molar-refractivity contribution in [3.63, 3.8) is 0 Å². The number of nitrogens with one attached hydrogen (secondary N) is 1. The zero-order chi connectivity index (χ0) is 14.3. The highest BCUT2D eigenvalue weighted by Gasteiger charge is 2.40. The Morgan fingerprint density at radius 1 is 1.37 bits per heavy atom. The lowest BCUT2D eigenvalue weighted by Gasteiger charge is -2.26. The fourth-order valence-corrected chi connectivity index (χ4v) is 3.91. The van der Waals surface area contributed by atoms with Crippen LogP contribution < -0.4 is 10.5 Å². The topological polar surface area (TPSA) is 72.2 Å². The predicted molar refractivity (Wildman–Crippen MR) is 76.2 cm³/mol. The molecule has 1 aliphatic carbocycles. The van der Waals surface area contributed by atoms with Crippen molar-refractivity contribution >= 4 is 10.0 Å². The van der Waals surface area contributed by atoms with Crippen LogP contribution in [-0.4, -0.2) is 14.0 Å². The van der Waals surface area contributed by atoms with Crippen molar-refractivity contribution in [2.24, 2.45) is 11.7 Å². The van der Waals surface area contributed by atoms with Gasteiger partial charge in [0.2, 0.25) is 10.0 Å². The highest BCUT2D eigenvalue weighted by Crippen LogP contribution is 2.39. The van der Waals surface area contributed by atoms with E-state index in [4.69, 9.17) is 5.73 Å². The number of rotatable bonds is 5. The summed E-state index contributed by atoms with van der Waals surface area (Å²) in [6, 6.07) is 5.10. The Labute approximate surface area is 115 Å². The smallest absolute Gasteiger partial charge is 0.241 e. The number of benzene rings is 1. The van der Waals surface area contributed by atoms with Crippen LogP contribution in [0.4, 0.5) is 0 Å². The summed E-state index contributed by atoms with van der Waals surface area (Å²) in [5.74, 6) is 0.451. The molecule has 1 aliphatic rings. The lowest BCUT2D eigenvalue weighted by molar-refractivity contribution is 0.400. The third-order valence-corrected chi connectivity index (χ3v) is 5.51. The summed E-state index contributed by atoms with van der Waals surface area (Å²) in [4.78, 5) is 0.316. The number of hydrogen-bond donors (Lipinski definition) is 2. The fourth-order valence-electron chi connectivity index (χ4n) is 2.36. The molecule has 0 amide bonds. The van der Waals surface area contributed by atoms with Crippen molar-refractivity contribution in [1.29, 1.82) is 0 Å². The first-order valence-electron chi connectivity index (χ1n) is 6.60. The molecule has 5 heteroatoms. The molecule has 0 aliphatic heterocycles. The first kappa shape index (κ1) is 14.5. The molecule has 4 nitrogen and oxygen atoms in total. The second-order valence-electron chi connectivity index (χ2n) is 5.89. The summed E-state index contributed by atoms with van der Waals surface area (Å²) in [6.45, 7) is 6.20. The SMILES string of the molecule is Cc1cc(S(=O)(=O)NC(C)(C)C2CC2)ccc1CN. The molecule has 0 aromatic heterocycles. The highest BCUT2D eigenvalue weighted by molar-refractivity contribution is 7.89. The van der Waals surface area contributed by atoms with Crippen molar-refractivity contribution in [2.75, 3.05) is 0 Å². The summed E-state index contributed by atoms with van der Waals surface area (Å²) < 4.78 is 27.6. The van der Waals surface area contributed by atoms with Gasteiger partial charge in [-0.25, -0.2) is 13.1 Å². The molecule has 19 heavy (non-hydrogen) atoms. The van der Waals surface area contributed by atoms with Crippen LogP contribution in [-0.2, 0) is 16.6 Å². The maximum Gasteiger partial charge on any atom is 0.241 e. The molecule has 0 atom stereocenters. The Bertz CT molecular complexity index is 575. The van der Waals surface area contributed by atoms with Gasteiger partial charge >= 0.3 is 0 Å². The van der Waals surface area contributed by atoms with E-state index in [-0.39, 0.29) is 5.54 Å². The van der Waals surface area contributed by atoms with Crippen LogP contribution in [0.25, 0.3) is 0 Å². The van der Waals surface area contributed by atoms with E-state index in [0.29, 0.717) is 17.4 Å². The molecule has 0 saturated heterocycles. The third-order valence-electron chi connectivity index (χ3n) is 3.84. The van der Waals surface area contributed by atoms with Crippen LogP contribution in [0.5, 0.6) is 0 Å². The van der Waals surface area contributed by atoms with E-state index in [2.05, 4.69) is 4.72 Å². The van der Waals surface area contributed by atoms with Gasteiger partial charge in [-0.1, -0.05) is 6.07 Å². The molecule has 1 fully saturated rings. The van der Waals surface area contributed by atoms with Crippen LogP contribution in [0.3, 0.4) is 0 Å². The Balaban J connectivity index is 2.26. The van der Waals surface area contributed by atoms with E-state index in [1.54, 1.807) is 18.2 Å². The third kappa shape index (κ3) is 3.16. The Morgan fingerprint density at radius 3 is 2.47 bits per heavy atom. The zero-order valence-electron chi connectivity index (χ0n) is 11.7. The minimum atomic E-state index is -3.46. The summed E-state index contributed by atoms with van der Waals surface area (Å²) in [6.07, 6.45) is 2.20. The number of hydrogen-bond acceptors (Lipinski definition) is 3. The van der Waals surface area contributed by atoms with E-state index in [0.717, 1.165) is 24.0 Å². The Morgan fingerprint density at radius 2 is 2.00 bits per heavy atom. The highest BCUT2D eigenvalue weighted by atomic mass is 32.2. The first-order valence-corrected chi connectivity index (χ1v) is 8.08. The number of aryl methyl sites for hydroxylation is 1. The van der Waals surface area contributed by atoms with E-state index >= 15 is 0 Å². The van der Waals surface area contributed by atoms with E-state index in [9.17, 15) is 8.42 Å². The minimum absolute atomic E-state index is 0.316. The molecule has 0 spiro atoms. The van der Waals surface area contributed by atoms with Crippen molar-refractivity contribution in [2.45, 2.75) is 50.6 Å². The number of nitrogens with two attached hydrogens (primary N) is 1. The van der Waals surface area contributed by atoms with E-state index in [1.165, 1.54) is 0 Å². The van der Waals surface area contributed by atoms with Gasteiger partial charge < -0.3 is 5.73 Å². The molecule has 2 rings (SSSR count). The molecule has 0 radical (unpaired) electrons. The molecule has 1 aromatic carbocycles. The van der Waals surface area contributed by atoms with Gasteiger partial charge in [0.25, 0.3) is 0 Å². The van der Waals surface area contributed by atoms with Gasteiger partial charge in [0, 0.05) is 12.1 Å². The summed E-state index contributed by atoms with van der Waals surface area (Å²) in [5, 5.41) is 0. The number of sulfonamides is 1. The van der Waals surface area contributed by atoms with E-state index < -0.39 is 10.0 Å². The maximum absolute atomic E-state index is 12.4. The minimum Gasteiger partial charge on any atom is -0.326 e. The average Bonchev–Trinajstić information content (AvgIpc) is 3.11. The van der Waals surface area contributed by atoms with Gasteiger partial charge in [0.1, 0.15) is 0 Å². The Hall–Kier alpha value is -0.910. The van der Waals surface area contributed by atoms with Crippen LogP contribution in [0.1, 0.15) is 37.8 Å². The lowest BCUT2D eigenvalue weighted by atomic mass is 10.0. The van der Waals surface area contributed by atoms with Gasteiger partial charge in [0.15, 0.2) is 0 Å². The van der Waals surface area contributed by atoms with Gasteiger partial charge in [-0.05, 0) is 62.8 Å². The molecule has 0 heterocycles. The van der Waals surface area contributed by atoms with Crippen LogP contribution in [0.2, 0.25) is 0 Å². The molecule has 0 unspecified atom stereocenters. The monoisotopic (exact) mass is 282 g/mol. The fraction of sp³-hybridized carbons (Fsp3) is 0.571. The second-order valence-corrected chi connectivity index (χ2v) is 7.58. The second kappa shape index (κ2) is 4.89. The molecular formula is C14H22N2O2S. The molecule has 1 aromatic rings. The molecule has 3 N–H and O–H groups in total. The van der Waals surface area contributed by atoms with Crippen molar-refractivity contribution in [3.8, 4) is 0 Å². The standard InChI is InChI=1S/C14H22N2O2S/c1-10-8-13(7-4-11(10)9-15)19(17,18)16-14(2,3)12-5-6-12/h4,7-8,12,16H,5-6,9,15H2,1-3H3. The van der Waals surface area contributed by atoms with Gasteiger partial charge in [-0.3, -0.25) is 0 Å². The average molecular weight is 282 g/mol. The Kier molecular flexibility index (Phi) is 3.73. The molecular weight excluding hydrogens is 260 g/mol. The first-order chi connectivity index (χ1) is 8.76. The summed E-state index contributed by atoms with van der Waals surface area (Å²) >= 11 is 0. The van der Waals surface area contributed by atoms with Crippen molar-refractivity contribution in [1.82, 2.24) is 4.72 Å². The maximum atomic E-state index is 12.4. The molecule has 0 bridgehead atoms. The van der Waals surface area contributed by atoms with Crippen LogP contribution >= 0.6 is 0 Å². The normalized spacial score (nSPS) is 16.6. The lowest BCUT2D eigenvalue weighted by Crippen LogP contribution is -2.45. The largest absolute Gasteiger partial charge is 0.326 e. The quantitative estimate of drug-likeness (QED) is 0.866. The van der Waals surface area contributed by atoms with E-state index in [1.807, 2.05) is 20.8 Å². The molecule has 106 valence electrons. The zero-order valence-corrected chi connectivity index (χ0v) is 12.5. The predicted octanol–water partition coefficient (Wildman–Crippen LogP) is 1.92. The van der Waals surface area contributed by atoms with Gasteiger partial charge in [-0.15, -0.1) is 0 Å². The van der Waals surface area contributed by atoms with Gasteiger partial charge in [-0.2, -0.15) is 0 Å². The van der Waals surface area contributed by atoms with Crippen LogP contribution in [0.15, 0.2) is 23.1 Å². The summed E-state index contributed by atoms with van der Waals surface area (Å²) in [5.41, 5.74) is 7.10. The van der Waals surface area contributed by atoms with Crippen molar-refractivity contribution in [3.05, 3.63) is 29.3 Å². The van der Waals surface area contributed by atoms with Crippen LogP contribution in [0, 0.1) is 12.8 Å².